The molecule has 144 valence electrons. The van der Waals surface area contributed by atoms with Gasteiger partial charge in [0.25, 0.3) is 11.8 Å². The van der Waals surface area contributed by atoms with Crippen LogP contribution in [0.2, 0.25) is 18.1 Å². The van der Waals surface area contributed by atoms with Gasteiger partial charge in [-0.05, 0) is 48.5 Å². The molecule has 6 nitrogen and oxygen atoms in total. The summed E-state index contributed by atoms with van der Waals surface area (Å²) in [5.74, 6) is 0.315. The van der Waals surface area contributed by atoms with Gasteiger partial charge in [-0.1, -0.05) is 32.9 Å². The number of aromatic amines is 1. The third kappa shape index (κ3) is 2.74. The number of carbonyl (C=O) groups excluding carboxylic acids is 2. The number of rotatable bonds is 3. The number of nitrogens with one attached hydrogen (secondary N) is 1. The van der Waals surface area contributed by atoms with Crippen molar-refractivity contribution in [1.29, 1.82) is 0 Å². The molecule has 2 amide bonds. The Morgan fingerprint density at radius 1 is 1.00 bits per heavy atom. The Balaban J connectivity index is 1.76. The van der Waals surface area contributed by atoms with E-state index in [0.717, 1.165) is 16.2 Å². The number of fused-ring (bicyclic) bond motifs is 2. The van der Waals surface area contributed by atoms with Crippen molar-refractivity contribution in [2.45, 2.75) is 38.9 Å². The summed E-state index contributed by atoms with van der Waals surface area (Å²) in [4.78, 5) is 26.8. The van der Waals surface area contributed by atoms with Crippen molar-refractivity contribution >= 4 is 36.9 Å². The van der Waals surface area contributed by atoms with Crippen LogP contribution in [-0.2, 0) is 0 Å². The SMILES string of the molecule is CC(C)(C)[Si](C)(C)Oc1ccc2[nH]nc(N3C(=O)c4ccccc4C3=O)c2c1. The number of imide groups is 1. The standard InChI is InChI=1S/C21H23N3O3Si/c1-21(2,3)28(4,5)27-13-10-11-17-16(12-13)18(23-22-17)24-19(25)14-8-6-7-9-15(14)20(24)26/h6-12H,1-5H3,(H,22,23). The highest BCUT2D eigenvalue weighted by atomic mass is 28.4. The maximum absolute atomic E-state index is 12.8. The van der Waals surface area contributed by atoms with Crippen LogP contribution in [0, 0.1) is 0 Å². The van der Waals surface area contributed by atoms with Gasteiger partial charge in [0, 0.05) is 5.39 Å². The molecule has 28 heavy (non-hydrogen) atoms. The van der Waals surface area contributed by atoms with Crippen molar-refractivity contribution in [3.63, 3.8) is 0 Å². The second kappa shape index (κ2) is 6.03. The molecule has 0 bridgehead atoms. The van der Waals surface area contributed by atoms with E-state index in [4.69, 9.17) is 4.43 Å². The summed E-state index contributed by atoms with van der Waals surface area (Å²) in [7, 11) is -2.02. The van der Waals surface area contributed by atoms with E-state index in [1.54, 1.807) is 24.3 Å². The number of benzene rings is 2. The van der Waals surface area contributed by atoms with Gasteiger partial charge < -0.3 is 4.43 Å². The van der Waals surface area contributed by atoms with Gasteiger partial charge in [0.15, 0.2) is 5.82 Å². The van der Waals surface area contributed by atoms with E-state index in [1.165, 1.54) is 0 Å². The van der Waals surface area contributed by atoms with E-state index in [-0.39, 0.29) is 16.9 Å². The summed E-state index contributed by atoms with van der Waals surface area (Å²) in [5, 5.41) is 7.92. The summed E-state index contributed by atoms with van der Waals surface area (Å²) < 4.78 is 6.39. The van der Waals surface area contributed by atoms with Gasteiger partial charge in [-0.3, -0.25) is 14.7 Å². The number of amides is 2. The lowest BCUT2D eigenvalue weighted by atomic mass is 10.1. The Morgan fingerprint density at radius 2 is 1.61 bits per heavy atom. The van der Waals surface area contributed by atoms with E-state index in [1.807, 2.05) is 18.2 Å². The summed E-state index contributed by atoms with van der Waals surface area (Å²) in [5.41, 5.74) is 1.55. The smallest absolute Gasteiger partial charge is 0.267 e. The maximum atomic E-state index is 12.8. The van der Waals surface area contributed by atoms with Crippen LogP contribution in [0.25, 0.3) is 10.9 Å². The Hall–Kier alpha value is -2.93. The van der Waals surface area contributed by atoms with Crippen LogP contribution in [0.3, 0.4) is 0 Å². The predicted molar refractivity (Wildman–Crippen MR) is 112 cm³/mol. The number of hydrogen-bond donors (Lipinski definition) is 1. The molecule has 3 aromatic rings. The fourth-order valence-electron chi connectivity index (χ4n) is 3.04. The summed E-state index contributed by atoms with van der Waals surface area (Å²) in [6.45, 7) is 10.9. The number of nitrogens with zero attached hydrogens (tertiary/aromatic N) is 2. The Bertz CT molecular complexity index is 1080. The van der Waals surface area contributed by atoms with Crippen molar-refractivity contribution in [1.82, 2.24) is 10.2 Å². The number of carbonyl (C=O) groups is 2. The molecule has 1 aliphatic rings. The monoisotopic (exact) mass is 393 g/mol. The number of hydrogen-bond acceptors (Lipinski definition) is 4. The zero-order chi connectivity index (χ0) is 20.3. The van der Waals surface area contributed by atoms with Gasteiger partial charge in [0.2, 0.25) is 8.32 Å². The Labute approximate surface area is 164 Å². The second-order valence-electron chi connectivity index (χ2n) is 8.61. The summed E-state index contributed by atoms with van der Waals surface area (Å²) in [6, 6.07) is 12.5. The lowest BCUT2D eigenvalue weighted by molar-refractivity contribution is 0.0925. The van der Waals surface area contributed by atoms with Gasteiger partial charge in [-0.25, -0.2) is 4.90 Å². The lowest BCUT2D eigenvalue weighted by Gasteiger charge is -2.36. The zero-order valence-corrected chi connectivity index (χ0v) is 17.7. The second-order valence-corrected chi connectivity index (χ2v) is 13.3. The first-order valence-corrected chi connectivity index (χ1v) is 12.2. The van der Waals surface area contributed by atoms with Gasteiger partial charge in [0.1, 0.15) is 5.75 Å². The summed E-state index contributed by atoms with van der Waals surface area (Å²) >= 11 is 0. The van der Waals surface area contributed by atoms with Crippen LogP contribution in [0.5, 0.6) is 5.75 Å². The van der Waals surface area contributed by atoms with Crippen molar-refractivity contribution in [2.24, 2.45) is 0 Å². The Morgan fingerprint density at radius 3 is 2.18 bits per heavy atom. The van der Waals surface area contributed by atoms with Crippen LogP contribution in [0.15, 0.2) is 42.5 Å². The molecule has 2 aromatic carbocycles. The molecule has 7 heteroatoms. The largest absolute Gasteiger partial charge is 0.543 e. The minimum Gasteiger partial charge on any atom is -0.543 e. The van der Waals surface area contributed by atoms with Crippen LogP contribution < -0.4 is 9.33 Å². The highest BCUT2D eigenvalue weighted by molar-refractivity contribution is 6.74. The third-order valence-electron chi connectivity index (χ3n) is 5.70. The number of anilines is 1. The molecular formula is C21H23N3O3Si. The van der Waals surface area contributed by atoms with Gasteiger partial charge in [0.05, 0.1) is 16.6 Å². The van der Waals surface area contributed by atoms with E-state index in [0.29, 0.717) is 22.3 Å². The van der Waals surface area contributed by atoms with Crippen molar-refractivity contribution in [2.75, 3.05) is 4.90 Å². The molecule has 0 aliphatic carbocycles. The van der Waals surface area contributed by atoms with Crippen LogP contribution in [-0.4, -0.2) is 30.3 Å². The highest BCUT2D eigenvalue weighted by Gasteiger charge is 2.40. The van der Waals surface area contributed by atoms with E-state index in [9.17, 15) is 9.59 Å². The molecule has 0 spiro atoms. The highest BCUT2D eigenvalue weighted by Crippen LogP contribution is 2.39. The van der Waals surface area contributed by atoms with Crippen molar-refractivity contribution in [3.05, 3.63) is 53.6 Å². The van der Waals surface area contributed by atoms with Crippen molar-refractivity contribution in [3.8, 4) is 5.75 Å². The van der Waals surface area contributed by atoms with E-state index >= 15 is 0 Å². The lowest BCUT2D eigenvalue weighted by Crippen LogP contribution is -2.43. The summed E-state index contributed by atoms with van der Waals surface area (Å²) in [6.07, 6.45) is 0. The minimum absolute atomic E-state index is 0.0592. The topological polar surface area (TPSA) is 75.3 Å². The normalized spacial score (nSPS) is 14.7. The average molecular weight is 394 g/mol. The molecule has 0 saturated heterocycles. The van der Waals surface area contributed by atoms with Gasteiger partial charge in [-0.2, -0.15) is 5.10 Å². The fraction of sp³-hybridized carbons (Fsp3) is 0.286. The molecule has 0 unspecified atom stereocenters. The molecular weight excluding hydrogens is 370 g/mol. The average Bonchev–Trinajstić information content (AvgIpc) is 3.13. The van der Waals surface area contributed by atoms with Crippen LogP contribution >= 0.6 is 0 Å². The van der Waals surface area contributed by atoms with Crippen LogP contribution in [0.4, 0.5) is 5.82 Å². The van der Waals surface area contributed by atoms with Gasteiger partial charge >= 0.3 is 0 Å². The van der Waals surface area contributed by atoms with E-state index in [2.05, 4.69) is 44.1 Å². The fourth-order valence-corrected chi connectivity index (χ4v) is 4.06. The first-order valence-electron chi connectivity index (χ1n) is 9.25. The molecule has 0 atom stereocenters. The maximum Gasteiger partial charge on any atom is 0.267 e. The molecule has 2 heterocycles. The molecule has 1 aliphatic heterocycles. The van der Waals surface area contributed by atoms with Crippen LogP contribution in [0.1, 0.15) is 41.5 Å². The zero-order valence-electron chi connectivity index (χ0n) is 16.7. The molecule has 1 aromatic heterocycles. The molecule has 0 saturated carbocycles. The van der Waals surface area contributed by atoms with E-state index < -0.39 is 8.32 Å². The molecule has 0 fully saturated rings. The van der Waals surface area contributed by atoms with Gasteiger partial charge in [-0.15, -0.1) is 0 Å². The minimum atomic E-state index is -2.02. The predicted octanol–water partition coefficient (Wildman–Crippen LogP) is 4.75. The number of H-pyrrole nitrogens is 1. The molecule has 0 radical (unpaired) electrons. The van der Waals surface area contributed by atoms with Crippen molar-refractivity contribution < 1.29 is 14.0 Å². The molecule has 4 rings (SSSR count). The molecule has 1 N–H and O–H groups in total. The third-order valence-corrected chi connectivity index (χ3v) is 10.1. The first-order chi connectivity index (χ1) is 13.1. The quantitative estimate of drug-likeness (QED) is 0.515. The number of aromatic nitrogens is 2. The Kier molecular flexibility index (Phi) is 3.97. The first kappa shape index (κ1) is 18.4.